The van der Waals surface area contributed by atoms with Gasteiger partial charge in [-0.25, -0.2) is 4.39 Å². The fourth-order valence-corrected chi connectivity index (χ4v) is 2.18. The summed E-state index contributed by atoms with van der Waals surface area (Å²) in [4.78, 5) is 0. The highest BCUT2D eigenvalue weighted by Crippen LogP contribution is 2.20. The van der Waals surface area contributed by atoms with Gasteiger partial charge in [0, 0.05) is 10.9 Å². The van der Waals surface area contributed by atoms with Crippen LogP contribution >= 0.6 is 15.9 Å². The molecular weight excluding hydrogens is 295 g/mol. The van der Waals surface area contributed by atoms with Gasteiger partial charge in [-0.3, -0.25) is 0 Å². The molecule has 0 fully saturated rings. The van der Waals surface area contributed by atoms with Gasteiger partial charge >= 0.3 is 0 Å². The van der Waals surface area contributed by atoms with Crippen LogP contribution < -0.4 is 4.74 Å². The quantitative estimate of drug-likeness (QED) is 0.803. The molecule has 0 unspecified atom stereocenters. The van der Waals surface area contributed by atoms with Gasteiger partial charge in [-0.2, -0.15) is 0 Å². The standard InChI is InChI=1S/C15H14BrFO/c1-2-18-14-6-3-11(4-7-14)9-12-10-13(16)5-8-15(12)17/h3-8,10H,2,9H2,1H3. The van der Waals surface area contributed by atoms with Gasteiger partial charge in [-0.05, 0) is 48.4 Å². The minimum Gasteiger partial charge on any atom is -0.494 e. The molecular formula is C15H14BrFO. The molecule has 0 bridgehead atoms. The summed E-state index contributed by atoms with van der Waals surface area (Å²) in [6.07, 6.45) is 0.581. The molecule has 0 aliphatic carbocycles. The molecule has 0 radical (unpaired) electrons. The summed E-state index contributed by atoms with van der Waals surface area (Å²) in [5.74, 6) is 0.669. The predicted octanol–water partition coefficient (Wildman–Crippen LogP) is 4.58. The van der Waals surface area contributed by atoms with E-state index in [-0.39, 0.29) is 5.82 Å². The van der Waals surface area contributed by atoms with Gasteiger partial charge < -0.3 is 4.74 Å². The fraction of sp³-hybridized carbons (Fsp3) is 0.200. The normalized spacial score (nSPS) is 10.4. The lowest BCUT2D eigenvalue weighted by molar-refractivity contribution is 0.340. The molecule has 0 atom stereocenters. The second-order valence-electron chi connectivity index (χ2n) is 3.99. The highest BCUT2D eigenvalue weighted by Gasteiger charge is 2.04. The maximum absolute atomic E-state index is 13.6. The molecule has 2 aromatic rings. The lowest BCUT2D eigenvalue weighted by atomic mass is 10.0. The Balaban J connectivity index is 2.15. The first kappa shape index (κ1) is 13.1. The highest BCUT2D eigenvalue weighted by molar-refractivity contribution is 9.10. The van der Waals surface area contributed by atoms with Crippen molar-refractivity contribution in [2.45, 2.75) is 13.3 Å². The van der Waals surface area contributed by atoms with Crippen molar-refractivity contribution in [2.75, 3.05) is 6.61 Å². The summed E-state index contributed by atoms with van der Waals surface area (Å²) in [5.41, 5.74) is 1.75. The van der Waals surface area contributed by atoms with Gasteiger partial charge in [0.1, 0.15) is 11.6 Å². The summed E-state index contributed by atoms with van der Waals surface area (Å²) in [5, 5.41) is 0. The second kappa shape index (κ2) is 6.01. The highest BCUT2D eigenvalue weighted by atomic mass is 79.9. The molecule has 0 saturated carbocycles. The Morgan fingerprint density at radius 1 is 1.11 bits per heavy atom. The maximum Gasteiger partial charge on any atom is 0.126 e. The zero-order chi connectivity index (χ0) is 13.0. The average molecular weight is 309 g/mol. The van der Waals surface area contributed by atoms with Crippen LogP contribution in [0.1, 0.15) is 18.1 Å². The number of benzene rings is 2. The third kappa shape index (κ3) is 3.33. The van der Waals surface area contributed by atoms with Gasteiger partial charge in [0.25, 0.3) is 0 Å². The molecule has 0 spiro atoms. The monoisotopic (exact) mass is 308 g/mol. The van der Waals surface area contributed by atoms with E-state index in [0.717, 1.165) is 15.8 Å². The van der Waals surface area contributed by atoms with Gasteiger partial charge in [0.2, 0.25) is 0 Å². The summed E-state index contributed by atoms with van der Waals surface area (Å²) >= 11 is 3.36. The van der Waals surface area contributed by atoms with Gasteiger partial charge in [-0.1, -0.05) is 28.1 Å². The number of hydrogen-bond donors (Lipinski definition) is 0. The third-order valence-electron chi connectivity index (χ3n) is 2.64. The van der Waals surface area contributed by atoms with Crippen molar-refractivity contribution >= 4 is 15.9 Å². The maximum atomic E-state index is 13.6. The average Bonchev–Trinajstić information content (AvgIpc) is 2.37. The molecule has 0 heterocycles. The lowest BCUT2D eigenvalue weighted by Crippen LogP contribution is -1.94. The topological polar surface area (TPSA) is 9.23 Å². The van der Waals surface area contributed by atoms with E-state index in [2.05, 4.69) is 15.9 Å². The zero-order valence-electron chi connectivity index (χ0n) is 10.1. The summed E-state index contributed by atoms with van der Waals surface area (Å²) < 4.78 is 19.9. The van der Waals surface area contributed by atoms with Gasteiger partial charge in [0.05, 0.1) is 6.61 Å². The molecule has 0 amide bonds. The van der Waals surface area contributed by atoms with Crippen molar-refractivity contribution in [3.8, 4) is 5.75 Å². The fourth-order valence-electron chi connectivity index (χ4n) is 1.77. The molecule has 94 valence electrons. The van der Waals surface area contributed by atoms with E-state index in [0.29, 0.717) is 18.6 Å². The van der Waals surface area contributed by atoms with Crippen LogP contribution in [0.4, 0.5) is 4.39 Å². The van der Waals surface area contributed by atoms with Crippen molar-refractivity contribution in [2.24, 2.45) is 0 Å². The second-order valence-corrected chi connectivity index (χ2v) is 4.91. The molecule has 2 rings (SSSR count). The Kier molecular flexibility index (Phi) is 4.37. The Morgan fingerprint density at radius 2 is 1.83 bits per heavy atom. The van der Waals surface area contributed by atoms with Crippen molar-refractivity contribution in [3.63, 3.8) is 0 Å². The Morgan fingerprint density at radius 3 is 2.50 bits per heavy atom. The molecule has 0 aliphatic heterocycles. The van der Waals surface area contributed by atoms with Crippen molar-refractivity contribution in [1.29, 1.82) is 0 Å². The van der Waals surface area contributed by atoms with Crippen LogP contribution in [0.25, 0.3) is 0 Å². The molecule has 1 nitrogen and oxygen atoms in total. The minimum absolute atomic E-state index is 0.174. The molecule has 0 aromatic heterocycles. The molecule has 3 heteroatoms. The van der Waals surface area contributed by atoms with Gasteiger partial charge in [-0.15, -0.1) is 0 Å². The third-order valence-corrected chi connectivity index (χ3v) is 3.13. The summed E-state index contributed by atoms with van der Waals surface area (Å²) in [6.45, 7) is 2.60. The zero-order valence-corrected chi connectivity index (χ0v) is 11.7. The van der Waals surface area contributed by atoms with Crippen LogP contribution in [0.5, 0.6) is 5.75 Å². The number of halogens is 2. The van der Waals surface area contributed by atoms with Gasteiger partial charge in [0.15, 0.2) is 0 Å². The Labute approximate surface area is 115 Å². The van der Waals surface area contributed by atoms with E-state index in [9.17, 15) is 4.39 Å². The summed E-state index contributed by atoms with van der Waals surface area (Å²) in [6, 6.07) is 12.7. The first-order valence-corrected chi connectivity index (χ1v) is 6.64. The molecule has 0 N–H and O–H groups in total. The van der Waals surface area contributed by atoms with Crippen LogP contribution in [0.2, 0.25) is 0 Å². The van der Waals surface area contributed by atoms with Crippen LogP contribution in [0.15, 0.2) is 46.9 Å². The lowest BCUT2D eigenvalue weighted by Gasteiger charge is -2.06. The molecule has 18 heavy (non-hydrogen) atoms. The molecule has 2 aromatic carbocycles. The van der Waals surface area contributed by atoms with Crippen LogP contribution in [-0.2, 0) is 6.42 Å². The van der Waals surface area contributed by atoms with Crippen molar-refractivity contribution < 1.29 is 9.13 Å². The smallest absolute Gasteiger partial charge is 0.126 e. The van der Waals surface area contributed by atoms with Crippen LogP contribution in [0.3, 0.4) is 0 Å². The molecule has 0 saturated heterocycles. The predicted molar refractivity (Wildman–Crippen MR) is 74.5 cm³/mol. The Bertz CT molecular complexity index is 523. The molecule has 0 aliphatic rings. The van der Waals surface area contributed by atoms with Crippen LogP contribution in [0, 0.1) is 5.82 Å². The first-order valence-electron chi connectivity index (χ1n) is 5.84. The number of hydrogen-bond acceptors (Lipinski definition) is 1. The first-order chi connectivity index (χ1) is 8.69. The van der Waals surface area contributed by atoms with Crippen molar-refractivity contribution in [1.82, 2.24) is 0 Å². The minimum atomic E-state index is -0.174. The van der Waals surface area contributed by atoms with E-state index < -0.39 is 0 Å². The SMILES string of the molecule is CCOc1ccc(Cc2cc(Br)ccc2F)cc1. The Hall–Kier alpha value is -1.35. The van der Waals surface area contributed by atoms with E-state index in [1.54, 1.807) is 6.07 Å². The van der Waals surface area contributed by atoms with E-state index in [4.69, 9.17) is 4.74 Å². The number of rotatable bonds is 4. The van der Waals surface area contributed by atoms with Crippen molar-refractivity contribution in [3.05, 3.63) is 63.9 Å². The van der Waals surface area contributed by atoms with E-state index in [1.807, 2.05) is 37.3 Å². The van der Waals surface area contributed by atoms with E-state index in [1.165, 1.54) is 6.07 Å². The largest absolute Gasteiger partial charge is 0.494 e. The summed E-state index contributed by atoms with van der Waals surface area (Å²) in [7, 11) is 0. The van der Waals surface area contributed by atoms with Crippen LogP contribution in [-0.4, -0.2) is 6.61 Å². The van der Waals surface area contributed by atoms with E-state index >= 15 is 0 Å². The number of ether oxygens (including phenoxy) is 1.